The number of carbonyl (C=O) groups is 1. The quantitative estimate of drug-likeness (QED) is 0.143. The lowest BCUT2D eigenvalue weighted by Gasteiger charge is -2.08. The number of carbonyl (C=O) groups excluding carboxylic acids is 1. The fraction of sp³-hybridized carbons (Fsp3) is 0.438. The molecule has 0 amide bonds. The van der Waals surface area contributed by atoms with Gasteiger partial charge in [-0.3, -0.25) is 0 Å². The number of hydrogen-bond donors (Lipinski definition) is 1. The number of phenolic OH excluding ortho intramolecular Hbond substituents is 1. The van der Waals surface area contributed by atoms with E-state index in [0.717, 1.165) is 37.7 Å². The maximum atomic E-state index is 12.2. The van der Waals surface area contributed by atoms with Crippen LogP contribution in [0.25, 0.3) is 6.08 Å². The Morgan fingerprint density at radius 3 is 2.50 bits per heavy atom. The van der Waals surface area contributed by atoms with Gasteiger partial charge in [-0.05, 0) is 30.2 Å². The zero-order valence-corrected chi connectivity index (χ0v) is 15.8. The van der Waals surface area contributed by atoms with Gasteiger partial charge < -0.3 is 9.84 Å². The Labute approximate surface area is 156 Å². The van der Waals surface area contributed by atoms with Crippen molar-refractivity contribution in [2.24, 2.45) is 0 Å². The van der Waals surface area contributed by atoms with Gasteiger partial charge in [-0.25, -0.2) is 9.68 Å². The van der Waals surface area contributed by atoms with Crippen molar-refractivity contribution in [2.45, 2.75) is 32.6 Å². The molecule has 0 aliphatic heterocycles. The third-order valence-corrected chi connectivity index (χ3v) is 4.21. The van der Waals surface area contributed by atoms with Crippen LogP contribution < -0.4 is 0 Å². The van der Waals surface area contributed by atoms with Gasteiger partial charge in [0.15, 0.2) is 5.75 Å². The molecule has 0 spiro atoms. The molecule has 0 fully saturated rings. The molecule has 134 valence electrons. The van der Waals surface area contributed by atoms with E-state index in [2.05, 4.69) is 11.8 Å². The summed E-state index contributed by atoms with van der Waals surface area (Å²) < 4.78 is 9.98. The molecule has 1 rings (SSSR count). The summed E-state index contributed by atoms with van der Waals surface area (Å²) in [5, 5.41) is 9.74. The predicted molar refractivity (Wildman–Crippen MR) is 96.9 cm³/mol. The molecule has 0 radical (unpaired) electrons. The standard InChI is InChI=1S/C16H20Cl2O5S/c1-3-4-5-6-7-22-16(20)14(24-23-21-2)10-11-8-12(17)15(19)13(18)9-11/h8-10,19H,3-7H2,1-2H3. The molecule has 0 heterocycles. The van der Waals surface area contributed by atoms with Gasteiger partial charge in [0.25, 0.3) is 0 Å². The van der Waals surface area contributed by atoms with Crippen LogP contribution >= 0.6 is 35.2 Å². The molecule has 5 nitrogen and oxygen atoms in total. The second-order valence-electron chi connectivity index (χ2n) is 4.86. The lowest BCUT2D eigenvalue weighted by atomic mass is 10.2. The van der Waals surface area contributed by atoms with Crippen LogP contribution in [-0.4, -0.2) is 24.8 Å². The molecule has 0 aliphatic rings. The molecule has 1 aromatic carbocycles. The molecule has 1 N–H and O–H groups in total. The molecule has 8 heteroatoms. The average Bonchev–Trinajstić information content (AvgIpc) is 2.55. The van der Waals surface area contributed by atoms with Crippen LogP contribution in [-0.2, 0) is 18.8 Å². The number of hydrogen-bond acceptors (Lipinski definition) is 6. The highest BCUT2D eigenvalue weighted by Crippen LogP contribution is 2.34. The first kappa shape index (κ1) is 21.1. The van der Waals surface area contributed by atoms with Crippen molar-refractivity contribution >= 4 is 47.3 Å². The van der Waals surface area contributed by atoms with Crippen LogP contribution in [0.5, 0.6) is 5.75 Å². The highest BCUT2D eigenvalue weighted by Gasteiger charge is 2.15. The Balaban J connectivity index is 2.81. The van der Waals surface area contributed by atoms with Gasteiger partial charge in [0.1, 0.15) is 4.91 Å². The number of rotatable bonds is 10. The van der Waals surface area contributed by atoms with Crippen molar-refractivity contribution in [3.63, 3.8) is 0 Å². The average molecular weight is 395 g/mol. The molecule has 0 saturated heterocycles. The predicted octanol–water partition coefficient (Wildman–Crippen LogP) is 5.39. The number of ether oxygens (including phenoxy) is 1. The maximum Gasteiger partial charge on any atom is 0.347 e. The molecule has 0 atom stereocenters. The summed E-state index contributed by atoms with van der Waals surface area (Å²) >= 11 is 12.5. The van der Waals surface area contributed by atoms with E-state index in [-0.39, 0.29) is 20.7 Å². The third-order valence-electron chi connectivity index (χ3n) is 2.96. The molecular weight excluding hydrogens is 375 g/mol. The number of aromatic hydroxyl groups is 1. The van der Waals surface area contributed by atoms with E-state index < -0.39 is 5.97 Å². The molecule has 24 heavy (non-hydrogen) atoms. The van der Waals surface area contributed by atoms with Gasteiger partial charge in [-0.1, -0.05) is 49.4 Å². The smallest absolute Gasteiger partial charge is 0.347 e. The second kappa shape index (κ2) is 11.6. The normalized spacial score (nSPS) is 11.6. The first-order valence-electron chi connectivity index (χ1n) is 7.43. The van der Waals surface area contributed by atoms with E-state index in [0.29, 0.717) is 12.2 Å². The van der Waals surface area contributed by atoms with Crippen molar-refractivity contribution < 1.29 is 23.9 Å². The van der Waals surface area contributed by atoms with E-state index in [9.17, 15) is 9.90 Å². The van der Waals surface area contributed by atoms with Crippen LogP contribution in [0.15, 0.2) is 17.0 Å². The summed E-state index contributed by atoms with van der Waals surface area (Å²) in [6, 6.07) is 2.95. The molecule has 0 aromatic heterocycles. The Bertz CT molecular complexity index is 555. The van der Waals surface area contributed by atoms with E-state index in [1.807, 2.05) is 0 Å². The van der Waals surface area contributed by atoms with E-state index in [1.54, 1.807) is 0 Å². The minimum atomic E-state index is -0.533. The second-order valence-corrected chi connectivity index (χ2v) is 6.41. The van der Waals surface area contributed by atoms with Gasteiger partial charge in [-0.15, -0.1) is 0 Å². The Morgan fingerprint density at radius 2 is 1.92 bits per heavy atom. The summed E-state index contributed by atoms with van der Waals surface area (Å²) in [7, 11) is 1.33. The van der Waals surface area contributed by atoms with Gasteiger partial charge in [0.05, 0.1) is 35.8 Å². The largest absolute Gasteiger partial charge is 0.505 e. The van der Waals surface area contributed by atoms with Crippen molar-refractivity contribution in [1.82, 2.24) is 0 Å². The fourth-order valence-electron chi connectivity index (χ4n) is 1.77. The van der Waals surface area contributed by atoms with Crippen LogP contribution in [0.3, 0.4) is 0 Å². The molecule has 1 aromatic rings. The summed E-state index contributed by atoms with van der Waals surface area (Å²) in [6.45, 7) is 2.44. The summed E-state index contributed by atoms with van der Waals surface area (Å²) in [5.41, 5.74) is 0.521. The van der Waals surface area contributed by atoms with Crippen molar-refractivity contribution in [1.29, 1.82) is 0 Å². The lowest BCUT2D eigenvalue weighted by molar-refractivity contribution is -0.160. The van der Waals surface area contributed by atoms with Gasteiger partial charge in [-0.2, -0.15) is 4.33 Å². The van der Waals surface area contributed by atoms with Crippen LogP contribution in [0.2, 0.25) is 10.0 Å². The number of phenols is 1. The zero-order valence-electron chi connectivity index (χ0n) is 13.5. The zero-order chi connectivity index (χ0) is 17.9. The maximum absolute atomic E-state index is 12.2. The Morgan fingerprint density at radius 1 is 1.25 bits per heavy atom. The fourth-order valence-corrected chi connectivity index (χ4v) is 2.73. The van der Waals surface area contributed by atoms with Gasteiger partial charge in [0.2, 0.25) is 0 Å². The van der Waals surface area contributed by atoms with Crippen molar-refractivity contribution in [2.75, 3.05) is 13.7 Å². The van der Waals surface area contributed by atoms with Crippen LogP contribution in [0, 0.1) is 0 Å². The molecule has 0 saturated carbocycles. The van der Waals surface area contributed by atoms with Crippen LogP contribution in [0.4, 0.5) is 0 Å². The van der Waals surface area contributed by atoms with Crippen molar-refractivity contribution in [3.8, 4) is 5.75 Å². The first-order valence-corrected chi connectivity index (χ1v) is 8.93. The number of esters is 1. The van der Waals surface area contributed by atoms with Crippen molar-refractivity contribution in [3.05, 3.63) is 32.6 Å². The first-order chi connectivity index (χ1) is 11.5. The minimum Gasteiger partial charge on any atom is -0.505 e. The molecular formula is C16H20Cl2O5S. The van der Waals surface area contributed by atoms with Crippen LogP contribution in [0.1, 0.15) is 38.2 Å². The van der Waals surface area contributed by atoms with E-state index >= 15 is 0 Å². The Kier molecular flexibility index (Phi) is 10.2. The summed E-state index contributed by atoms with van der Waals surface area (Å²) in [4.78, 5) is 16.8. The number of unbranched alkanes of at least 4 members (excludes halogenated alkanes) is 3. The highest BCUT2D eigenvalue weighted by atomic mass is 35.5. The third kappa shape index (κ3) is 7.32. The highest BCUT2D eigenvalue weighted by molar-refractivity contribution is 7.99. The number of benzene rings is 1. The minimum absolute atomic E-state index is 0.0821. The van der Waals surface area contributed by atoms with E-state index in [1.165, 1.54) is 25.3 Å². The Hall–Kier alpha value is -0.920. The SMILES string of the molecule is CCCCCCOC(=O)C(=Cc1cc(Cl)c(O)c(Cl)c1)SOOC. The lowest BCUT2D eigenvalue weighted by Crippen LogP contribution is -2.07. The van der Waals surface area contributed by atoms with Gasteiger partial charge >= 0.3 is 5.97 Å². The molecule has 0 unspecified atom stereocenters. The summed E-state index contributed by atoms with van der Waals surface area (Å²) in [6.07, 6.45) is 5.52. The summed E-state index contributed by atoms with van der Waals surface area (Å²) in [5.74, 6) is -0.745. The van der Waals surface area contributed by atoms with E-state index in [4.69, 9.17) is 32.3 Å². The topological polar surface area (TPSA) is 65.0 Å². The van der Waals surface area contributed by atoms with Gasteiger partial charge in [0, 0.05) is 0 Å². The molecule has 0 bridgehead atoms. The monoisotopic (exact) mass is 394 g/mol. The molecule has 0 aliphatic carbocycles. The number of halogens is 2.